The SMILES string of the molecule is COC(=O)C(C#N)C/C=C/c1ccc(N(c2ncccn2)C(C)C)cc1. The Labute approximate surface area is 153 Å². The van der Waals surface area contributed by atoms with Gasteiger partial charge in [-0.2, -0.15) is 5.26 Å². The van der Waals surface area contributed by atoms with Gasteiger partial charge in [-0.25, -0.2) is 9.97 Å². The molecule has 0 aliphatic heterocycles. The van der Waals surface area contributed by atoms with Gasteiger partial charge < -0.3 is 9.64 Å². The van der Waals surface area contributed by atoms with Crippen LogP contribution >= 0.6 is 0 Å². The molecule has 0 spiro atoms. The third-order valence-corrected chi connectivity index (χ3v) is 3.78. The van der Waals surface area contributed by atoms with Crippen LogP contribution in [0.2, 0.25) is 0 Å². The second kappa shape index (κ2) is 9.33. The molecule has 6 nitrogen and oxygen atoms in total. The molecule has 134 valence electrons. The van der Waals surface area contributed by atoms with Crippen molar-refractivity contribution in [1.82, 2.24) is 9.97 Å². The van der Waals surface area contributed by atoms with E-state index in [2.05, 4.69) is 33.5 Å². The molecule has 0 saturated heterocycles. The van der Waals surface area contributed by atoms with Crippen LogP contribution in [0.15, 0.2) is 48.8 Å². The van der Waals surface area contributed by atoms with Crippen molar-refractivity contribution in [3.63, 3.8) is 0 Å². The fourth-order valence-electron chi connectivity index (χ4n) is 2.49. The Morgan fingerprint density at radius 2 is 1.92 bits per heavy atom. The average molecular weight is 350 g/mol. The third-order valence-electron chi connectivity index (χ3n) is 3.78. The van der Waals surface area contributed by atoms with Crippen molar-refractivity contribution in [2.45, 2.75) is 26.3 Å². The van der Waals surface area contributed by atoms with Crippen LogP contribution in [0.4, 0.5) is 11.6 Å². The maximum absolute atomic E-state index is 11.4. The van der Waals surface area contributed by atoms with Gasteiger partial charge in [-0.15, -0.1) is 0 Å². The first kappa shape index (κ1) is 19.1. The van der Waals surface area contributed by atoms with E-state index in [0.29, 0.717) is 12.4 Å². The quantitative estimate of drug-likeness (QED) is 0.708. The molecule has 1 aromatic heterocycles. The molecule has 0 saturated carbocycles. The van der Waals surface area contributed by atoms with E-state index in [0.717, 1.165) is 11.3 Å². The maximum atomic E-state index is 11.4. The fourth-order valence-corrected chi connectivity index (χ4v) is 2.49. The lowest BCUT2D eigenvalue weighted by molar-refractivity contribution is -0.143. The third kappa shape index (κ3) is 4.90. The average Bonchev–Trinajstić information content (AvgIpc) is 2.66. The zero-order valence-electron chi connectivity index (χ0n) is 15.2. The highest BCUT2D eigenvalue weighted by Gasteiger charge is 2.16. The molecule has 0 N–H and O–H groups in total. The first-order valence-electron chi connectivity index (χ1n) is 8.37. The first-order valence-corrected chi connectivity index (χ1v) is 8.37. The minimum Gasteiger partial charge on any atom is -0.468 e. The Balaban J connectivity index is 2.11. The Morgan fingerprint density at radius 1 is 1.27 bits per heavy atom. The molecule has 1 atom stereocenters. The van der Waals surface area contributed by atoms with Gasteiger partial charge in [0.1, 0.15) is 5.92 Å². The molecule has 1 aromatic carbocycles. The van der Waals surface area contributed by atoms with E-state index in [4.69, 9.17) is 5.26 Å². The fraction of sp³-hybridized carbons (Fsp3) is 0.300. The summed E-state index contributed by atoms with van der Waals surface area (Å²) in [4.78, 5) is 22.1. The van der Waals surface area contributed by atoms with Crippen LogP contribution in [-0.4, -0.2) is 29.1 Å². The highest BCUT2D eigenvalue weighted by atomic mass is 16.5. The normalized spacial score (nSPS) is 12.0. The second-order valence-electron chi connectivity index (χ2n) is 5.95. The number of anilines is 2. The van der Waals surface area contributed by atoms with Crippen molar-refractivity contribution in [2.75, 3.05) is 12.0 Å². The summed E-state index contributed by atoms with van der Waals surface area (Å²) >= 11 is 0. The lowest BCUT2D eigenvalue weighted by Gasteiger charge is -2.26. The number of hydrogen-bond donors (Lipinski definition) is 0. The standard InChI is InChI=1S/C20H22N4O2/c1-15(2)24(20-22-12-5-13-23-20)18-10-8-16(9-11-18)6-4-7-17(14-21)19(25)26-3/h4-6,8-13,15,17H,7H2,1-3H3/b6-4+. The maximum Gasteiger partial charge on any atom is 0.323 e. The van der Waals surface area contributed by atoms with E-state index >= 15 is 0 Å². The highest BCUT2D eigenvalue weighted by molar-refractivity contribution is 5.75. The van der Waals surface area contributed by atoms with Gasteiger partial charge in [0.15, 0.2) is 0 Å². The zero-order chi connectivity index (χ0) is 18.9. The molecule has 0 fully saturated rings. The van der Waals surface area contributed by atoms with Gasteiger partial charge in [0.2, 0.25) is 5.95 Å². The molecule has 0 aliphatic rings. The minimum atomic E-state index is -0.776. The summed E-state index contributed by atoms with van der Waals surface area (Å²) in [6, 6.07) is 11.9. The number of ether oxygens (including phenoxy) is 1. The molecule has 0 bridgehead atoms. The lowest BCUT2D eigenvalue weighted by Crippen LogP contribution is -2.27. The van der Waals surface area contributed by atoms with E-state index in [-0.39, 0.29) is 6.04 Å². The summed E-state index contributed by atoms with van der Waals surface area (Å²) in [6.45, 7) is 4.16. The van der Waals surface area contributed by atoms with E-state index in [9.17, 15) is 4.79 Å². The number of carbonyl (C=O) groups is 1. The molecule has 0 radical (unpaired) electrons. The lowest BCUT2D eigenvalue weighted by atomic mass is 10.1. The van der Waals surface area contributed by atoms with Crippen molar-refractivity contribution < 1.29 is 9.53 Å². The molecular weight excluding hydrogens is 328 g/mol. The van der Waals surface area contributed by atoms with Crippen LogP contribution in [0.25, 0.3) is 6.08 Å². The summed E-state index contributed by atoms with van der Waals surface area (Å²) < 4.78 is 4.60. The molecule has 2 rings (SSSR count). The number of methoxy groups -OCH3 is 1. The minimum absolute atomic E-state index is 0.204. The van der Waals surface area contributed by atoms with Gasteiger partial charge in [-0.05, 0) is 44.0 Å². The van der Waals surface area contributed by atoms with E-state index < -0.39 is 11.9 Å². The molecule has 26 heavy (non-hydrogen) atoms. The first-order chi connectivity index (χ1) is 12.6. The molecule has 0 aliphatic carbocycles. The van der Waals surface area contributed by atoms with Crippen molar-refractivity contribution >= 4 is 23.7 Å². The molecule has 6 heteroatoms. The van der Waals surface area contributed by atoms with Gasteiger partial charge in [0.25, 0.3) is 0 Å². The van der Waals surface area contributed by atoms with Crippen molar-refractivity contribution in [3.8, 4) is 6.07 Å². The summed E-state index contributed by atoms with van der Waals surface area (Å²) in [5.41, 5.74) is 1.97. The molecule has 1 unspecified atom stereocenters. The number of hydrogen-bond acceptors (Lipinski definition) is 6. The van der Waals surface area contributed by atoms with Gasteiger partial charge in [-0.3, -0.25) is 4.79 Å². The molecule has 1 heterocycles. The van der Waals surface area contributed by atoms with Crippen LogP contribution < -0.4 is 4.90 Å². The second-order valence-corrected chi connectivity index (χ2v) is 5.95. The number of esters is 1. The topological polar surface area (TPSA) is 79.1 Å². The number of benzene rings is 1. The van der Waals surface area contributed by atoms with Gasteiger partial charge in [0, 0.05) is 24.1 Å². The Kier molecular flexibility index (Phi) is 6.86. The largest absolute Gasteiger partial charge is 0.468 e. The van der Waals surface area contributed by atoms with E-state index in [1.807, 2.05) is 36.4 Å². The van der Waals surface area contributed by atoms with Gasteiger partial charge in [-0.1, -0.05) is 24.3 Å². The van der Waals surface area contributed by atoms with Crippen molar-refractivity contribution in [2.24, 2.45) is 5.92 Å². The molecular formula is C20H22N4O2. The Bertz CT molecular complexity index is 780. The summed E-state index contributed by atoms with van der Waals surface area (Å²) in [5.74, 6) is -0.633. The van der Waals surface area contributed by atoms with Gasteiger partial charge >= 0.3 is 5.97 Å². The number of allylic oxidation sites excluding steroid dienone is 1. The van der Waals surface area contributed by atoms with Crippen LogP contribution in [-0.2, 0) is 9.53 Å². The van der Waals surface area contributed by atoms with E-state index in [1.165, 1.54) is 7.11 Å². The molecule has 0 amide bonds. The van der Waals surface area contributed by atoms with Crippen LogP contribution in [0, 0.1) is 17.2 Å². The van der Waals surface area contributed by atoms with Crippen LogP contribution in [0.1, 0.15) is 25.8 Å². The predicted molar refractivity (Wildman–Crippen MR) is 101 cm³/mol. The molecule has 2 aromatic rings. The smallest absolute Gasteiger partial charge is 0.323 e. The van der Waals surface area contributed by atoms with E-state index in [1.54, 1.807) is 24.5 Å². The van der Waals surface area contributed by atoms with Crippen molar-refractivity contribution in [3.05, 3.63) is 54.4 Å². The van der Waals surface area contributed by atoms with Crippen LogP contribution in [0.3, 0.4) is 0 Å². The Morgan fingerprint density at radius 3 is 2.46 bits per heavy atom. The number of nitrogens with zero attached hydrogens (tertiary/aromatic N) is 4. The summed E-state index contributed by atoms with van der Waals surface area (Å²) in [6.07, 6.45) is 7.46. The van der Waals surface area contributed by atoms with Crippen LogP contribution in [0.5, 0.6) is 0 Å². The number of carbonyl (C=O) groups excluding carboxylic acids is 1. The number of aromatic nitrogens is 2. The zero-order valence-corrected chi connectivity index (χ0v) is 15.2. The monoisotopic (exact) mass is 350 g/mol. The number of rotatable bonds is 7. The highest BCUT2D eigenvalue weighted by Crippen LogP contribution is 2.25. The van der Waals surface area contributed by atoms with Gasteiger partial charge in [0.05, 0.1) is 13.2 Å². The summed E-state index contributed by atoms with van der Waals surface area (Å²) in [7, 11) is 1.28. The Hall–Kier alpha value is -3.20. The summed E-state index contributed by atoms with van der Waals surface area (Å²) in [5, 5.41) is 8.98. The predicted octanol–water partition coefficient (Wildman–Crippen LogP) is 3.74. The van der Waals surface area contributed by atoms with Crippen molar-refractivity contribution in [1.29, 1.82) is 5.26 Å². The number of nitriles is 1.